The molecule has 0 aromatic heterocycles. The number of aliphatic hydroxyl groups excluding tert-OH is 5. The number of hydrogen-bond acceptors (Lipinski definition) is 10. The number of carbonyl (C=O) groups is 1. The molecule has 0 bridgehead atoms. The highest BCUT2D eigenvalue weighted by molar-refractivity contribution is 5.97. The largest absolute Gasteiger partial charge is 0.507 e. The van der Waals surface area contributed by atoms with E-state index >= 15 is 0 Å². The molecular weight excluding hydrogens is 472 g/mol. The van der Waals surface area contributed by atoms with E-state index in [0.717, 1.165) is 31.2 Å². The van der Waals surface area contributed by atoms with E-state index in [1.807, 2.05) is 0 Å². The van der Waals surface area contributed by atoms with Gasteiger partial charge in [0.25, 0.3) is 0 Å². The van der Waals surface area contributed by atoms with E-state index in [1.165, 1.54) is 0 Å². The van der Waals surface area contributed by atoms with Crippen LogP contribution in [-0.2, 0) is 32.7 Å². The van der Waals surface area contributed by atoms with E-state index in [1.54, 1.807) is 0 Å². The number of aliphatic hydroxyl groups is 5. The SMILES string of the molecule is CC1(C)CCCC2(C)c3c(c(O)c(COC4OC(CO)C(O)C(O)C4O)c4c3C(O)OC4=O)CCC12. The van der Waals surface area contributed by atoms with Gasteiger partial charge >= 0.3 is 5.97 Å². The Morgan fingerprint density at radius 2 is 1.78 bits per heavy atom. The van der Waals surface area contributed by atoms with Crippen LogP contribution in [0.15, 0.2) is 0 Å². The normalized spacial score (nSPS) is 39.2. The first-order valence-electron chi connectivity index (χ1n) is 12.6. The van der Waals surface area contributed by atoms with E-state index in [2.05, 4.69) is 20.8 Å². The number of aromatic hydroxyl groups is 1. The first-order chi connectivity index (χ1) is 16.9. The van der Waals surface area contributed by atoms with Crippen LogP contribution in [0.3, 0.4) is 0 Å². The van der Waals surface area contributed by atoms with Crippen LogP contribution in [0, 0.1) is 11.3 Å². The van der Waals surface area contributed by atoms with Gasteiger partial charge in [0.1, 0.15) is 30.2 Å². The zero-order chi connectivity index (χ0) is 26.2. The first kappa shape index (κ1) is 25.8. The summed E-state index contributed by atoms with van der Waals surface area (Å²) in [6.45, 7) is 5.65. The summed E-state index contributed by atoms with van der Waals surface area (Å²) in [7, 11) is 0. The number of carbonyl (C=O) groups excluding carboxylic acids is 1. The van der Waals surface area contributed by atoms with Gasteiger partial charge in [0.2, 0.25) is 6.29 Å². The van der Waals surface area contributed by atoms with Gasteiger partial charge < -0.3 is 44.8 Å². The standard InChI is InChI=1S/C26H36O10/c1-25(2)7-4-8-26(3)14(25)6-5-11-17(26)16-15(22(32)36-23(16)33)12(18(11)28)10-34-24-21(31)20(30)19(29)13(9-27)35-24/h13-14,19-21,23-24,27-31,33H,4-10H2,1-3H3. The Kier molecular flexibility index (Phi) is 6.39. The maximum Gasteiger partial charge on any atom is 0.341 e. The van der Waals surface area contributed by atoms with Crippen LogP contribution in [-0.4, -0.2) is 73.9 Å². The van der Waals surface area contributed by atoms with E-state index in [9.17, 15) is 35.4 Å². The molecule has 2 aliphatic heterocycles. The topological polar surface area (TPSA) is 166 Å². The molecule has 36 heavy (non-hydrogen) atoms. The number of esters is 1. The fourth-order valence-electron chi connectivity index (χ4n) is 7.39. The minimum Gasteiger partial charge on any atom is -0.507 e. The van der Waals surface area contributed by atoms with Crippen molar-refractivity contribution in [2.75, 3.05) is 6.61 Å². The molecule has 5 rings (SSSR count). The molecule has 1 saturated heterocycles. The summed E-state index contributed by atoms with van der Waals surface area (Å²) >= 11 is 0. The number of fused-ring (bicyclic) bond motifs is 5. The summed E-state index contributed by atoms with van der Waals surface area (Å²) in [5.41, 5.74) is 1.68. The molecule has 2 aliphatic carbocycles. The van der Waals surface area contributed by atoms with Gasteiger partial charge in [-0.25, -0.2) is 4.79 Å². The number of phenols is 1. The predicted molar refractivity (Wildman–Crippen MR) is 124 cm³/mol. The fourth-order valence-corrected chi connectivity index (χ4v) is 7.39. The van der Waals surface area contributed by atoms with Crippen molar-refractivity contribution in [3.8, 4) is 5.75 Å². The van der Waals surface area contributed by atoms with Crippen molar-refractivity contribution in [2.24, 2.45) is 11.3 Å². The van der Waals surface area contributed by atoms with Gasteiger partial charge in [0.05, 0.1) is 18.8 Å². The Bertz CT molecular complexity index is 1050. The Labute approximate surface area is 209 Å². The van der Waals surface area contributed by atoms with Crippen molar-refractivity contribution in [3.63, 3.8) is 0 Å². The minimum atomic E-state index is -1.63. The maximum atomic E-state index is 12.9. The summed E-state index contributed by atoms with van der Waals surface area (Å²) in [6.07, 6.45) is -4.50. The van der Waals surface area contributed by atoms with Crippen molar-refractivity contribution >= 4 is 5.97 Å². The lowest BCUT2D eigenvalue weighted by Gasteiger charge is -2.55. The van der Waals surface area contributed by atoms with Crippen LogP contribution in [0.5, 0.6) is 5.75 Å². The highest BCUT2D eigenvalue weighted by Crippen LogP contribution is 2.60. The molecule has 6 N–H and O–H groups in total. The molecule has 0 radical (unpaired) electrons. The third-order valence-electron chi connectivity index (χ3n) is 9.11. The Morgan fingerprint density at radius 3 is 2.47 bits per heavy atom. The molecule has 1 saturated carbocycles. The molecule has 10 heteroatoms. The van der Waals surface area contributed by atoms with Crippen LogP contribution < -0.4 is 0 Å². The number of cyclic esters (lactones) is 1. The lowest BCUT2D eigenvalue weighted by molar-refractivity contribution is -0.304. The smallest absolute Gasteiger partial charge is 0.341 e. The third kappa shape index (κ3) is 3.69. The van der Waals surface area contributed by atoms with Crippen LogP contribution >= 0.6 is 0 Å². The summed E-state index contributed by atoms with van der Waals surface area (Å²) in [5.74, 6) is -0.583. The second kappa shape index (κ2) is 8.90. The molecule has 8 atom stereocenters. The average molecular weight is 509 g/mol. The van der Waals surface area contributed by atoms with E-state index < -0.39 is 56.2 Å². The van der Waals surface area contributed by atoms with Gasteiger partial charge in [-0.2, -0.15) is 0 Å². The van der Waals surface area contributed by atoms with Crippen molar-refractivity contribution < 1.29 is 49.6 Å². The molecule has 2 fully saturated rings. The lowest BCUT2D eigenvalue weighted by Crippen LogP contribution is -2.59. The number of rotatable bonds is 4. The Morgan fingerprint density at radius 1 is 1.06 bits per heavy atom. The summed E-state index contributed by atoms with van der Waals surface area (Å²) < 4.78 is 16.3. The molecule has 8 unspecified atom stereocenters. The third-order valence-corrected chi connectivity index (χ3v) is 9.11. The van der Waals surface area contributed by atoms with Gasteiger partial charge in [0.15, 0.2) is 6.29 Å². The minimum absolute atomic E-state index is 0.0496. The van der Waals surface area contributed by atoms with Crippen molar-refractivity contribution in [1.82, 2.24) is 0 Å². The molecular formula is C26H36O10. The monoisotopic (exact) mass is 508 g/mol. The van der Waals surface area contributed by atoms with Crippen LogP contribution in [0.1, 0.15) is 85.4 Å². The van der Waals surface area contributed by atoms with Gasteiger partial charge in [0, 0.05) is 11.1 Å². The highest BCUT2D eigenvalue weighted by Gasteiger charge is 2.54. The zero-order valence-corrected chi connectivity index (χ0v) is 20.8. The molecule has 2 heterocycles. The maximum absolute atomic E-state index is 12.9. The molecule has 1 aromatic rings. The number of phenolic OH excluding ortho intramolecular Hbond substituents is 1. The van der Waals surface area contributed by atoms with Gasteiger partial charge in [-0.1, -0.05) is 27.2 Å². The van der Waals surface area contributed by atoms with Crippen LogP contribution in [0.25, 0.3) is 0 Å². The summed E-state index contributed by atoms with van der Waals surface area (Å²) in [5, 5.41) is 62.1. The van der Waals surface area contributed by atoms with Crippen LogP contribution in [0.2, 0.25) is 0 Å². The van der Waals surface area contributed by atoms with E-state index in [0.29, 0.717) is 23.5 Å². The molecule has 200 valence electrons. The second-order valence-corrected chi connectivity index (χ2v) is 11.6. The lowest BCUT2D eigenvalue weighted by atomic mass is 9.49. The molecule has 0 amide bonds. The van der Waals surface area contributed by atoms with Gasteiger partial charge in [-0.3, -0.25) is 0 Å². The number of ether oxygens (including phenoxy) is 3. The molecule has 4 aliphatic rings. The predicted octanol–water partition coefficient (Wildman–Crippen LogP) is 0.900. The van der Waals surface area contributed by atoms with Crippen molar-refractivity contribution in [2.45, 2.75) is 102 Å². The highest BCUT2D eigenvalue weighted by atomic mass is 16.7. The molecule has 0 spiro atoms. The first-order valence-corrected chi connectivity index (χ1v) is 12.6. The number of benzene rings is 1. The van der Waals surface area contributed by atoms with Crippen molar-refractivity contribution in [1.29, 1.82) is 0 Å². The van der Waals surface area contributed by atoms with Crippen LogP contribution in [0.4, 0.5) is 0 Å². The molecule has 1 aromatic carbocycles. The fraction of sp³-hybridized carbons (Fsp3) is 0.731. The Balaban J connectivity index is 1.56. The average Bonchev–Trinajstić information content (AvgIpc) is 3.11. The molecule has 10 nitrogen and oxygen atoms in total. The summed E-state index contributed by atoms with van der Waals surface area (Å²) in [4.78, 5) is 12.9. The van der Waals surface area contributed by atoms with E-state index in [4.69, 9.17) is 14.2 Å². The Hall–Kier alpha value is -1.79. The summed E-state index contributed by atoms with van der Waals surface area (Å²) in [6, 6.07) is 0. The quantitative estimate of drug-likeness (QED) is 0.322. The van der Waals surface area contributed by atoms with Gasteiger partial charge in [-0.05, 0) is 53.6 Å². The van der Waals surface area contributed by atoms with Gasteiger partial charge in [-0.15, -0.1) is 0 Å². The van der Waals surface area contributed by atoms with Crippen molar-refractivity contribution in [3.05, 3.63) is 27.8 Å². The van der Waals surface area contributed by atoms with E-state index in [-0.39, 0.29) is 27.7 Å². The second-order valence-electron chi connectivity index (χ2n) is 11.6. The number of hydrogen-bond donors (Lipinski definition) is 6. The zero-order valence-electron chi connectivity index (χ0n) is 20.8.